The molecule has 2 unspecified atom stereocenters. The predicted octanol–water partition coefficient (Wildman–Crippen LogP) is 5.34. The van der Waals surface area contributed by atoms with Gasteiger partial charge in [0.1, 0.15) is 0 Å². The van der Waals surface area contributed by atoms with E-state index in [9.17, 15) is 4.79 Å². The Hall–Kier alpha value is -3.10. The Morgan fingerprint density at radius 1 is 1.26 bits per heavy atom. The molecule has 2 N–H and O–H groups in total. The van der Waals surface area contributed by atoms with Gasteiger partial charge in [-0.05, 0) is 56.9 Å². The van der Waals surface area contributed by atoms with Crippen molar-refractivity contribution in [1.82, 2.24) is 19.7 Å². The molecule has 0 radical (unpaired) electrons. The topological polar surface area (TPSA) is 84.8 Å². The first-order valence-corrected chi connectivity index (χ1v) is 12.5. The Balaban J connectivity index is 1.42. The van der Waals surface area contributed by atoms with E-state index >= 15 is 0 Å². The third kappa shape index (κ3) is 4.60. The summed E-state index contributed by atoms with van der Waals surface area (Å²) in [5.74, 6) is 0.733. The highest BCUT2D eigenvalue weighted by atomic mass is 32.2. The summed E-state index contributed by atoms with van der Waals surface area (Å²) in [6.07, 6.45) is 4.18. The number of ether oxygens (including phenoxy) is 1. The lowest BCUT2D eigenvalue weighted by Gasteiger charge is -2.17. The van der Waals surface area contributed by atoms with Gasteiger partial charge in [-0.3, -0.25) is 9.36 Å². The van der Waals surface area contributed by atoms with Crippen LogP contribution in [0.15, 0.2) is 53.8 Å². The lowest BCUT2D eigenvalue weighted by molar-refractivity contribution is -0.115. The standard InChI is InChI=1S/C26H29N5O2S/c1-16-10-11-17(2)23(13-16)28-25(32)18(3)34-26-30-29-24(31(26)15-19-7-6-12-33-19)21-14-27-22-9-5-4-8-20(21)22/h4-5,8-11,13-14,18-19,27H,6-7,12,15H2,1-3H3,(H,28,32). The van der Waals surface area contributed by atoms with Crippen LogP contribution < -0.4 is 5.32 Å². The van der Waals surface area contributed by atoms with E-state index in [1.54, 1.807) is 0 Å². The molecule has 2 aromatic carbocycles. The fraction of sp³-hybridized carbons (Fsp3) is 0.346. The second-order valence-corrected chi connectivity index (χ2v) is 10.2. The summed E-state index contributed by atoms with van der Waals surface area (Å²) in [4.78, 5) is 16.4. The number of nitrogens with zero attached hydrogens (tertiary/aromatic N) is 3. The smallest absolute Gasteiger partial charge is 0.237 e. The zero-order valence-electron chi connectivity index (χ0n) is 19.7. The maximum atomic E-state index is 13.0. The highest BCUT2D eigenvalue weighted by molar-refractivity contribution is 8.00. The molecule has 1 aliphatic heterocycles. The minimum absolute atomic E-state index is 0.0565. The van der Waals surface area contributed by atoms with Crippen molar-refractivity contribution < 1.29 is 9.53 Å². The van der Waals surface area contributed by atoms with Crippen molar-refractivity contribution in [3.8, 4) is 11.4 Å². The first-order chi connectivity index (χ1) is 16.5. The number of H-pyrrole nitrogens is 1. The number of amides is 1. The fourth-order valence-electron chi connectivity index (χ4n) is 4.30. The highest BCUT2D eigenvalue weighted by Gasteiger charge is 2.25. The number of hydrogen-bond acceptors (Lipinski definition) is 5. The number of hydrogen-bond donors (Lipinski definition) is 2. The van der Waals surface area contributed by atoms with Crippen molar-refractivity contribution in [3.63, 3.8) is 0 Å². The molecule has 0 aliphatic carbocycles. The third-order valence-corrected chi connectivity index (χ3v) is 7.34. The summed E-state index contributed by atoms with van der Waals surface area (Å²) in [6, 6.07) is 14.2. The van der Waals surface area contributed by atoms with Crippen molar-refractivity contribution in [2.75, 3.05) is 11.9 Å². The van der Waals surface area contributed by atoms with Crippen LogP contribution >= 0.6 is 11.8 Å². The second kappa shape index (κ2) is 9.64. The van der Waals surface area contributed by atoms with Gasteiger partial charge in [0.25, 0.3) is 0 Å². The van der Waals surface area contributed by atoms with Gasteiger partial charge in [0.15, 0.2) is 11.0 Å². The molecule has 0 bridgehead atoms. The highest BCUT2D eigenvalue weighted by Crippen LogP contribution is 2.33. The molecule has 2 atom stereocenters. The molecule has 7 nitrogen and oxygen atoms in total. The summed E-state index contributed by atoms with van der Waals surface area (Å²) >= 11 is 1.43. The second-order valence-electron chi connectivity index (χ2n) is 8.87. The molecule has 34 heavy (non-hydrogen) atoms. The molecule has 5 rings (SSSR count). The van der Waals surface area contributed by atoms with Crippen LogP contribution in [0.4, 0.5) is 5.69 Å². The number of para-hydroxylation sites is 1. The quantitative estimate of drug-likeness (QED) is 0.352. The van der Waals surface area contributed by atoms with Crippen LogP contribution in [0.3, 0.4) is 0 Å². The van der Waals surface area contributed by atoms with Crippen LogP contribution in [0.25, 0.3) is 22.3 Å². The number of benzene rings is 2. The van der Waals surface area contributed by atoms with Gasteiger partial charge in [-0.25, -0.2) is 0 Å². The fourth-order valence-corrected chi connectivity index (χ4v) is 5.16. The van der Waals surface area contributed by atoms with Crippen LogP contribution in [0.2, 0.25) is 0 Å². The number of carbonyl (C=O) groups excluding carboxylic acids is 1. The van der Waals surface area contributed by atoms with Gasteiger partial charge in [0.05, 0.1) is 17.9 Å². The van der Waals surface area contributed by atoms with Gasteiger partial charge in [0.2, 0.25) is 5.91 Å². The number of fused-ring (bicyclic) bond motifs is 1. The normalized spacial score (nSPS) is 16.7. The Bertz CT molecular complexity index is 1320. The lowest BCUT2D eigenvalue weighted by Crippen LogP contribution is -2.24. The Kier molecular flexibility index (Phi) is 6.43. The molecule has 1 aliphatic rings. The molecule has 0 spiro atoms. The van der Waals surface area contributed by atoms with E-state index in [4.69, 9.17) is 4.74 Å². The third-order valence-electron chi connectivity index (χ3n) is 6.26. The largest absolute Gasteiger partial charge is 0.376 e. The number of aryl methyl sites for hydroxylation is 2. The van der Waals surface area contributed by atoms with Crippen LogP contribution in [-0.4, -0.2) is 43.6 Å². The van der Waals surface area contributed by atoms with E-state index in [1.165, 1.54) is 11.8 Å². The molecule has 1 amide bonds. The van der Waals surface area contributed by atoms with E-state index in [2.05, 4.69) is 37.2 Å². The maximum Gasteiger partial charge on any atom is 0.237 e. The zero-order chi connectivity index (χ0) is 23.7. The molecule has 8 heteroatoms. The van der Waals surface area contributed by atoms with Crippen molar-refractivity contribution in [1.29, 1.82) is 0 Å². The number of carbonyl (C=O) groups is 1. The number of anilines is 1. The molecule has 4 aromatic rings. The van der Waals surface area contributed by atoms with Crippen LogP contribution in [0.1, 0.15) is 30.9 Å². The van der Waals surface area contributed by atoms with Gasteiger partial charge in [0, 0.05) is 35.0 Å². The first kappa shape index (κ1) is 22.7. The minimum atomic E-state index is -0.344. The van der Waals surface area contributed by atoms with Crippen LogP contribution in [0, 0.1) is 13.8 Å². The Labute approximate surface area is 203 Å². The van der Waals surface area contributed by atoms with E-state index < -0.39 is 0 Å². The lowest BCUT2D eigenvalue weighted by atomic mass is 10.1. The average molecular weight is 476 g/mol. The van der Waals surface area contributed by atoms with Crippen LogP contribution in [-0.2, 0) is 16.1 Å². The van der Waals surface area contributed by atoms with Gasteiger partial charge in [-0.1, -0.05) is 42.1 Å². The summed E-state index contributed by atoms with van der Waals surface area (Å²) < 4.78 is 8.03. The minimum Gasteiger partial charge on any atom is -0.376 e. The van der Waals surface area contributed by atoms with E-state index in [1.807, 2.05) is 57.3 Å². The van der Waals surface area contributed by atoms with E-state index in [0.29, 0.717) is 6.54 Å². The van der Waals surface area contributed by atoms with Gasteiger partial charge in [-0.2, -0.15) is 0 Å². The molecule has 3 heterocycles. The monoisotopic (exact) mass is 475 g/mol. The number of nitrogens with one attached hydrogen (secondary N) is 2. The van der Waals surface area contributed by atoms with Gasteiger partial charge in [-0.15, -0.1) is 10.2 Å². The first-order valence-electron chi connectivity index (χ1n) is 11.7. The van der Waals surface area contributed by atoms with E-state index in [0.717, 1.165) is 63.7 Å². The summed E-state index contributed by atoms with van der Waals surface area (Å²) in [6.45, 7) is 7.37. The summed E-state index contributed by atoms with van der Waals surface area (Å²) in [7, 11) is 0. The molecular weight excluding hydrogens is 446 g/mol. The summed E-state index contributed by atoms with van der Waals surface area (Å²) in [5.41, 5.74) is 5.05. The van der Waals surface area contributed by atoms with Crippen molar-refractivity contribution in [2.24, 2.45) is 0 Å². The molecule has 1 saturated heterocycles. The number of aromatic amines is 1. The molecule has 0 saturated carbocycles. The van der Waals surface area contributed by atoms with Crippen molar-refractivity contribution in [2.45, 2.75) is 56.7 Å². The Morgan fingerprint density at radius 2 is 2.12 bits per heavy atom. The predicted molar refractivity (Wildman–Crippen MR) is 136 cm³/mol. The van der Waals surface area contributed by atoms with Crippen molar-refractivity contribution in [3.05, 3.63) is 59.8 Å². The van der Waals surface area contributed by atoms with Gasteiger partial charge >= 0.3 is 0 Å². The number of rotatable bonds is 7. The van der Waals surface area contributed by atoms with Gasteiger partial charge < -0.3 is 15.0 Å². The van der Waals surface area contributed by atoms with Crippen molar-refractivity contribution >= 4 is 34.3 Å². The summed E-state index contributed by atoms with van der Waals surface area (Å²) in [5, 5.41) is 13.6. The zero-order valence-corrected chi connectivity index (χ0v) is 20.5. The number of aromatic nitrogens is 4. The Morgan fingerprint density at radius 3 is 2.94 bits per heavy atom. The molecule has 176 valence electrons. The van der Waals surface area contributed by atoms with E-state index in [-0.39, 0.29) is 17.3 Å². The SMILES string of the molecule is Cc1ccc(C)c(NC(=O)C(C)Sc2nnc(-c3c[nH]c4ccccc34)n2CC2CCCO2)c1. The molecule has 1 fully saturated rings. The molecular formula is C26H29N5O2S. The maximum absolute atomic E-state index is 13.0. The number of thioether (sulfide) groups is 1. The molecule has 2 aromatic heterocycles. The van der Waals surface area contributed by atoms with Crippen LogP contribution in [0.5, 0.6) is 0 Å². The average Bonchev–Trinajstić information content (AvgIpc) is 3.57.